The van der Waals surface area contributed by atoms with Crippen molar-refractivity contribution < 1.29 is 0 Å². The summed E-state index contributed by atoms with van der Waals surface area (Å²) < 4.78 is 0. The van der Waals surface area contributed by atoms with Crippen LogP contribution in [0, 0.1) is 0 Å². The standard InChI is InChI=1S/C9H19N3/c1-10-11-7-5-8-3-4-9(6-7)12(8)2/h7-11H,3-6H2,1-2H3/t7-,8-,9+. The van der Waals surface area contributed by atoms with E-state index in [4.69, 9.17) is 0 Å². The maximum Gasteiger partial charge on any atom is 0.0242 e. The maximum absolute atomic E-state index is 3.33. The van der Waals surface area contributed by atoms with Crippen molar-refractivity contribution in [2.75, 3.05) is 14.1 Å². The van der Waals surface area contributed by atoms with E-state index in [1.807, 2.05) is 7.05 Å². The van der Waals surface area contributed by atoms with Gasteiger partial charge in [-0.15, -0.1) is 0 Å². The number of hydrogen-bond donors (Lipinski definition) is 2. The smallest absolute Gasteiger partial charge is 0.0242 e. The average Bonchev–Trinajstić information content (AvgIpc) is 2.33. The molecule has 2 N–H and O–H groups in total. The molecule has 3 heteroatoms. The Morgan fingerprint density at radius 1 is 1.17 bits per heavy atom. The van der Waals surface area contributed by atoms with Gasteiger partial charge in [-0.2, -0.15) is 0 Å². The van der Waals surface area contributed by atoms with Crippen molar-refractivity contribution in [2.24, 2.45) is 0 Å². The Morgan fingerprint density at radius 3 is 2.25 bits per heavy atom. The molecule has 0 unspecified atom stereocenters. The minimum absolute atomic E-state index is 0.698. The summed E-state index contributed by atoms with van der Waals surface area (Å²) in [7, 11) is 4.23. The SMILES string of the molecule is CNN[C@@H]1C[C@H]2CC[C@@H](C1)N2C. The second-order valence-corrected chi connectivity index (χ2v) is 4.11. The van der Waals surface area contributed by atoms with Gasteiger partial charge in [-0.3, -0.25) is 10.9 Å². The quantitative estimate of drug-likeness (QED) is 0.584. The summed E-state index contributed by atoms with van der Waals surface area (Å²) >= 11 is 0. The van der Waals surface area contributed by atoms with Gasteiger partial charge in [-0.1, -0.05) is 0 Å². The lowest BCUT2D eigenvalue weighted by atomic mass is 9.99. The van der Waals surface area contributed by atoms with Crippen LogP contribution in [0.1, 0.15) is 25.7 Å². The maximum atomic E-state index is 3.33. The Bertz CT molecular complexity index is 146. The third kappa shape index (κ3) is 1.37. The molecule has 2 aliphatic rings. The molecule has 2 fully saturated rings. The highest BCUT2D eigenvalue weighted by Crippen LogP contribution is 2.33. The fourth-order valence-electron chi connectivity index (χ4n) is 2.73. The van der Waals surface area contributed by atoms with Gasteiger partial charge in [0.25, 0.3) is 0 Å². The molecule has 0 spiro atoms. The molecule has 70 valence electrons. The van der Waals surface area contributed by atoms with E-state index in [-0.39, 0.29) is 0 Å². The molecule has 0 amide bonds. The number of hydrogen-bond acceptors (Lipinski definition) is 3. The number of rotatable bonds is 2. The second-order valence-electron chi connectivity index (χ2n) is 4.11. The molecular weight excluding hydrogens is 150 g/mol. The van der Waals surface area contributed by atoms with Crippen LogP contribution in [0.25, 0.3) is 0 Å². The minimum Gasteiger partial charge on any atom is -0.300 e. The zero-order chi connectivity index (χ0) is 8.55. The van der Waals surface area contributed by atoms with E-state index < -0.39 is 0 Å². The van der Waals surface area contributed by atoms with Gasteiger partial charge < -0.3 is 4.90 Å². The Hall–Kier alpha value is -0.120. The molecule has 3 nitrogen and oxygen atoms in total. The highest BCUT2D eigenvalue weighted by molar-refractivity contribution is 4.95. The van der Waals surface area contributed by atoms with Gasteiger partial charge in [-0.05, 0) is 39.8 Å². The van der Waals surface area contributed by atoms with E-state index in [2.05, 4.69) is 22.8 Å². The summed E-state index contributed by atoms with van der Waals surface area (Å²) in [5.74, 6) is 0. The molecule has 2 bridgehead atoms. The third-order valence-corrected chi connectivity index (χ3v) is 3.45. The Labute approximate surface area is 74.5 Å². The molecule has 12 heavy (non-hydrogen) atoms. The van der Waals surface area contributed by atoms with Gasteiger partial charge in [0.2, 0.25) is 0 Å². The lowest BCUT2D eigenvalue weighted by molar-refractivity contribution is 0.143. The van der Waals surface area contributed by atoms with E-state index in [0.29, 0.717) is 6.04 Å². The summed E-state index contributed by atoms with van der Waals surface area (Å²) in [5, 5.41) is 0. The zero-order valence-corrected chi connectivity index (χ0v) is 8.01. The Kier molecular flexibility index (Phi) is 2.35. The van der Waals surface area contributed by atoms with Crippen LogP contribution in [-0.2, 0) is 0 Å². The minimum atomic E-state index is 0.698. The Morgan fingerprint density at radius 2 is 1.75 bits per heavy atom. The van der Waals surface area contributed by atoms with E-state index in [1.165, 1.54) is 25.7 Å². The van der Waals surface area contributed by atoms with Crippen LogP contribution in [0.3, 0.4) is 0 Å². The number of nitrogens with zero attached hydrogens (tertiary/aromatic N) is 1. The molecule has 2 saturated heterocycles. The van der Waals surface area contributed by atoms with Crippen molar-refractivity contribution in [1.29, 1.82) is 0 Å². The summed E-state index contributed by atoms with van der Waals surface area (Å²) in [6.07, 6.45) is 5.44. The molecule has 2 heterocycles. The van der Waals surface area contributed by atoms with Gasteiger partial charge in [0.05, 0.1) is 0 Å². The van der Waals surface area contributed by atoms with Crippen molar-refractivity contribution in [3.63, 3.8) is 0 Å². The molecule has 0 aromatic carbocycles. The number of piperidine rings is 1. The van der Waals surface area contributed by atoms with Crippen molar-refractivity contribution in [2.45, 2.75) is 43.8 Å². The fourth-order valence-corrected chi connectivity index (χ4v) is 2.73. The number of hydrazine groups is 1. The van der Waals surface area contributed by atoms with E-state index >= 15 is 0 Å². The van der Waals surface area contributed by atoms with Crippen LogP contribution >= 0.6 is 0 Å². The van der Waals surface area contributed by atoms with E-state index in [1.54, 1.807) is 0 Å². The van der Waals surface area contributed by atoms with Gasteiger partial charge in [0.15, 0.2) is 0 Å². The summed E-state index contributed by atoms with van der Waals surface area (Å²) in [5.41, 5.74) is 6.38. The largest absolute Gasteiger partial charge is 0.300 e. The molecule has 0 saturated carbocycles. The van der Waals surface area contributed by atoms with E-state index in [9.17, 15) is 0 Å². The van der Waals surface area contributed by atoms with Crippen molar-refractivity contribution in [3.8, 4) is 0 Å². The first-order valence-electron chi connectivity index (χ1n) is 4.95. The van der Waals surface area contributed by atoms with Crippen LogP contribution in [0.4, 0.5) is 0 Å². The van der Waals surface area contributed by atoms with Crippen LogP contribution in [-0.4, -0.2) is 37.1 Å². The molecule has 0 aromatic rings. The predicted octanol–water partition coefficient (Wildman–Crippen LogP) is 0.336. The first-order valence-corrected chi connectivity index (χ1v) is 4.95. The highest BCUT2D eigenvalue weighted by Gasteiger charge is 2.37. The predicted molar refractivity (Wildman–Crippen MR) is 49.8 cm³/mol. The highest BCUT2D eigenvalue weighted by atomic mass is 15.4. The molecule has 0 radical (unpaired) electrons. The second kappa shape index (κ2) is 3.32. The van der Waals surface area contributed by atoms with Crippen LogP contribution in [0.15, 0.2) is 0 Å². The van der Waals surface area contributed by atoms with Gasteiger partial charge in [-0.25, -0.2) is 0 Å². The number of fused-ring (bicyclic) bond motifs is 2. The van der Waals surface area contributed by atoms with Crippen LogP contribution < -0.4 is 10.9 Å². The van der Waals surface area contributed by atoms with Gasteiger partial charge in [0.1, 0.15) is 0 Å². The van der Waals surface area contributed by atoms with Crippen molar-refractivity contribution in [3.05, 3.63) is 0 Å². The van der Waals surface area contributed by atoms with Crippen LogP contribution in [0.2, 0.25) is 0 Å². The molecule has 2 rings (SSSR count). The Balaban J connectivity index is 1.93. The molecular formula is C9H19N3. The number of nitrogens with one attached hydrogen (secondary N) is 2. The first kappa shape index (κ1) is 8.48. The lowest BCUT2D eigenvalue weighted by Gasteiger charge is -2.36. The topological polar surface area (TPSA) is 27.3 Å². The summed E-state index contributed by atoms with van der Waals surface area (Å²) in [6.45, 7) is 0. The average molecular weight is 169 g/mol. The normalized spacial score (nSPS) is 42.0. The van der Waals surface area contributed by atoms with Crippen molar-refractivity contribution >= 4 is 0 Å². The summed E-state index contributed by atoms with van der Waals surface area (Å²) in [4.78, 5) is 2.56. The summed E-state index contributed by atoms with van der Waals surface area (Å²) in [6, 6.07) is 2.38. The fraction of sp³-hybridized carbons (Fsp3) is 1.00. The lowest BCUT2D eigenvalue weighted by Crippen LogP contribution is -2.50. The van der Waals surface area contributed by atoms with E-state index in [0.717, 1.165) is 12.1 Å². The first-order chi connectivity index (χ1) is 5.81. The van der Waals surface area contributed by atoms with Gasteiger partial charge >= 0.3 is 0 Å². The van der Waals surface area contributed by atoms with Crippen molar-refractivity contribution in [1.82, 2.24) is 15.8 Å². The van der Waals surface area contributed by atoms with Crippen LogP contribution in [0.5, 0.6) is 0 Å². The third-order valence-electron chi connectivity index (χ3n) is 3.45. The van der Waals surface area contributed by atoms with Gasteiger partial charge in [0, 0.05) is 18.1 Å². The zero-order valence-electron chi connectivity index (χ0n) is 8.01. The molecule has 0 aromatic heterocycles. The molecule has 2 aliphatic heterocycles. The molecule has 3 atom stereocenters. The monoisotopic (exact) mass is 169 g/mol. The molecule has 0 aliphatic carbocycles.